The van der Waals surface area contributed by atoms with Gasteiger partial charge in [-0.2, -0.15) is 0 Å². The van der Waals surface area contributed by atoms with E-state index in [2.05, 4.69) is 10.3 Å². The third-order valence-corrected chi connectivity index (χ3v) is 2.87. The molecule has 2 amide bonds. The van der Waals surface area contributed by atoms with Crippen LogP contribution in [0.5, 0.6) is 0 Å². The van der Waals surface area contributed by atoms with Gasteiger partial charge in [-0.3, -0.25) is 9.78 Å². The summed E-state index contributed by atoms with van der Waals surface area (Å²) in [5.41, 5.74) is 0.938. The number of urea groups is 1. The predicted octanol–water partition coefficient (Wildman–Crippen LogP) is 0.698. The largest absolute Gasteiger partial charge is 0.481 e. The molecule has 0 saturated carbocycles. The van der Waals surface area contributed by atoms with Gasteiger partial charge in [0.15, 0.2) is 0 Å². The van der Waals surface area contributed by atoms with Crippen molar-refractivity contribution in [2.75, 3.05) is 13.1 Å². The second-order valence-electron chi connectivity index (χ2n) is 4.39. The van der Waals surface area contributed by atoms with Gasteiger partial charge in [0.25, 0.3) is 0 Å². The lowest BCUT2D eigenvalue weighted by Gasteiger charge is -2.38. The molecule has 6 nitrogen and oxygen atoms in total. The molecule has 1 saturated heterocycles. The molecular weight excluding hydrogens is 234 g/mol. The van der Waals surface area contributed by atoms with Crippen LogP contribution in [0.2, 0.25) is 0 Å². The first-order valence-electron chi connectivity index (χ1n) is 5.78. The molecule has 2 N–H and O–H groups in total. The van der Waals surface area contributed by atoms with E-state index in [0.29, 0.717) is 19.6 Å². The molecule has 1 aromatic rings. The van der Waals surface area contributed by atoms with E-state index in [0.717, 1.165) is 5.56 Å². The lowest BCUT2D eigenvalue weighted by atomic mass is 9.97. The number of aliphatic carboxylic acids is 1. The van der Waals surface area contributed by atoms with Crippen LogP contribution in [0, 0.1) is 5.92 Å². The topological polar surface area (TPSA) is 82.5 Å². The van der Waals surface area contributed by atoms with Crippen LogP contribution in [0.3, 0.4) is 0 Å². The Kier molecular flexibility index (Phi) is 3.76. The zero-order valence-electron chi connectivity index (χ0n) is 9.87. The fourth-order valence-electron chi connectivity index (χ4n) is 1.90. The predicted molar refractivity (Wildman–Crippen MR) is 63.8 cm³/mol. The third-order valence-electron chi connectivity index (χ3n) is 2.87. The van der Waals surface area contributed by atoms with Gasteiger partial charge >= 0.3 is 12.0 Å². The highest BCUT2D eigenvalue weighted by Gasteiger charge is 2.31. The van der Waals surface area contributed by atoms with Crippen LogP contribution >= 0.6 is 0 Å². The second kappa shape index (κ2) is 5.48. The molecular formula is C12H15N3O3. The molecule has 0 spiro atoms. The molecule has 96 valence electrons. The molecule has 0 aliphatic carbocycles. The first kappa shape index (κ1) is 12.3. The summed E-state index contributed by atoms with van der Waals surface area (Å²) >= 11 is 0. The normalized spacial score (nSPS) is 15.0. The Morgan fingerprint density at radius 3 is 2.89 bits per heavy atom. The van der Waals surface area contributed by atoms with E-state index in [-0.39, 0.29) is 18.4 Å². The number of pyridine rings is 1. The quantitative estimate of drug-likeness (QED) is 0.822. The number of hydrogen-bond donors (Lipinski definition) is 2. The van der Waals surface area contributed by atoms with Crippen LogP contribution in [0.25, 0.3) is 0 Å². The van der Waals surface area contributed by atoms with Crippen LogP contribution in [0.4, 0.5) is 4.79 Å². The molecule has 1 aliphatic heterocycles. The summed E-state index contributed by atoms with van der Waals surface area (Å²) in [4.78, 5) is 27.7. The van der Waals surface area contributed by atoms with E-state index >= 15 is 0 Å². The first-order valence-corrected chi connectivity index (χ1v) is 5.78. The second-order valence-corrected chi connectivity index (χ2v) is 4.39. The maximum absolute atomic E-state index is 11.7. The van der Waals surface area contributed by atoms with Crippen molar-refractivity contribution < 1.29 is 14.7 Å². The van der Waals surface area contributed by atoms with Crippen molar-refractivity contribution in [3.63, 3.8) is 0 Å². The Morgan fingerprint density at radius 2 is 2.28 bits per heavy atom. The molecule has 0 radical (unpaired) electrons. The van der Waals surface area contributed by atoms with Gasteiger partial charge in [0.05, 0.1) is 6.42 Å². The highest BCUT2D eigenvalue weighted by molar-refractivity contribution is 5.75. The number of nitrogens with zero attached hydrogens (tertiary/aromatic N) is 2. The van der Waals surface area contributed by atoms with Gasteiger partial charge in [0, 0.05) is 37.9 Å². The third kappa shape index (κ3) is 3.19. The van der Waals surface area contributed by atoms with Crippen LogP contribution < -0.4 is 5.32 Å². The van der Waals surface area contributed by atoms with E-state index < -0.39 is 5.97 Å². The number of nitrogens with one attached hydrogen (secondary N) is 1. The van der Waals surface area contributed by atoms with Gasteiger partial charge < -0.3 is 15.3 Å². The Bertz CT molecular complexity index is 429. The number of aromatic nitrogens is 1. The van der Waals surface area contributed by atoms with E-state index in [1.165, 1.54) is 0 Å². The monoisotopic (exact) mass is 249 g/mol. The number of amides is 2. The summed E-state index contributed by atoms with van der Waals surface area (Å²) in [5, 5.41) is 11.4. The summed E-state index contributed by atoms with van der Waals surface area (Å²) in [6.45, 7) is 1.48. The molecule has 2 rings (SSSR count). The van der Waals surface area contributed by atoms with Crippen molar-refractivity contribution in [2.24, 2.45) is 5.92 Å². The molecule has 2 heterocycles. The number of likely N-dealkylation sites (tertiary alicyclic amines) is 1. The van der Waals surface area contributed by atoms with Crippen LogP contribution in [0.15, 0.2) is 24.5 Å². The van der Waals surface area contributed by atoms with Gasteiger partial charge in [0.1, 0.15) is 0 Å². The van der Waals surface area contributed by atoms with Gasteiger partial charge in [-0.1, -0.05) is 6.07 Å². The van der Waals surface area contributed by atoms with E-state index in [1.54, 1.807) is 17.3 Å². The zero-order chi connectivity index (χ0) is 13.0. The van der Waals surface area contributed by atoms with Gasteiger partial charge in [0.2, 0.25) is 0 Å². The van der Waals surface area contributed by atoms with Crippen LogP contribution in [-0.2, 0) is 11.3 Å². The Labute approximate surface area is 105 Å². The molecule has 0 bridgehead atoms. The standard InChI is InChI=1S/C12H15N3O3/c16-11(17)4-10-7-15(8-10)12(18)14-6-9-2-1-3-13-5-9/h1-3,5,10H,4,6-8H2,(H,14,18)(H,16,17). The van der Waals surface area contributed by atoms with Crippen molar-refractivity contribution in [3.05, 3.63) is 30.1 Å². The summed E-state index contributed by atoms with van der Waals surface area (Å²) in [6.07, 6.45) is 3.51. The fraction of sp³-hybridized carbons (Fsp3) is 0.417. The lowest BCUT2D eigenvalue weighted by Crippen LogP contribution is -2.54. The molecule has 1 aliphatic rings. The van der Waals surface area contributed by atoms with E-state index in [4.69, 9.17) is 5.11 Å². The molecule has 0 aromatic carbocycles. The average Bonchev–Trinajstić information content (AvgIpc) is 2.31. The molecule has 18 heavy (non-hydrogen) atoms. The number of hydrogen-bond acceptors (Lipinski definition) is 3. The molecule has 0 unspecified atom stereocenters. The maximum Gasteiger partial charge on any atom is 0.317 e. The molecule has 0 atom stereocenters. The van der Waals surface area contributed by atoms with Crippen LogP contribution in [-0.4, -0.2) is 40.1 Å². The van der Waals surface area contributed by atoms with Crippen molar-refractivity contribution >= 4 is 12.0 Å². The van der Waals surface area contributed by atoms with E-state index in [9.17, 15) is 9.59 Å². The lowest BCUT2D eigenvalue weighted by molar-refractivity contribution is -0.139. The van der Waals surface area contributed by atoms with Crippen molar-refractivity contribution in [1.82, 2.24) is 15.2 Å². The summed E-state index contributed by atoms with van der Waals surface area (Å²) in [7, 11) is 0. The Balaban J connectivity index is 1.70. The van der Waals surface area contributed by atoms with Crippen molar-refractivity contribution in [2.45, 2.75) is 13.0 Å². The highest BCUT2D eigenvalue weighted by atomic mass is 16.4. The number of carbonyl (C=O) groups is 2. The minimum atomic E-state index is -0.810. The van der Waals surface area contributed by atoms with Gasteiger partial charge in [-0.15, -0.1) is 0 Å². The smallest absolute Gasteiger partial charge is 0.317 e. The van der Waals surface area contributed by atoms with Crippen molar-refractivity contribution in [1.29, 1.82) is 0 Å². The van der Waals surface area contributed by atoms with Gasteiger partial charge in [-0.05, 0) is 11.6 Å². The van der Waals surface area contributed by atoms with E-state index in [1.807, 2.05) is 12.1 Å². The Morgan fingerprint density at radius 1 is 1.50 bits per heavy atom. The summed E-state index contributed by atoms with van der Waals surface area (Å²) in [6, 6.07) is 3.55. The zero-order valence-corrected chi connectivity index (χ0v) is 9.87. The highest BCUT2D eigenvalue weighted by Crippen LogP contribution is 2.18. The molecule has 1 fully saturated rings. The molecule has 6 heteroatoms. The van der Waals surface area contributed by atoms with Gasteiger partial charge in [-0.25, -0.2) is 4.79 Å². The van der Waals surface area contributed by atoms with Crippen LogP contribution in [0.1, 0.15) is 12.0 Å². The SMILES string of the molecule is O=C(O)CC1CN(C(=O)NCc2cccnc2)C1. The minimum Gasteiger partial charge on any atom is -0.481 e. The van der Waals surface area contributed by atoms with Crippen molar-refractivity contribution in [3.8, 4) is 0 Å². The molecule has 1 aromatic heterocycles. The average molecular weight is 249 g/mol. The number of rotatable bonds is 4. The Hall–Kier alpha value is -2.11. The first-order chi connectivity index (χ1) is 8.65. The summed E-state index contributed by atoms with van der Waals surface area (Å²) in [5.74, 6) is -0.720. The summed E-state index contributed by atoms with van der Waals surface area (Å²) < 4.78 is 0. The number of carbonyl (C=O) groups excluding carboxylic acids is 1. The number of carboxylic acids is 1. The minimum absolute atomic E-state index is 0.0895. The fourth-order valence-corrected chi connectivity index (χ4v) is 1.90. The number of carboxylic acid groups (broad SMARTS) is 1. The maximum atomic E-state index is 11.7.